The first-order chi connectivity index (χ1) is 10.2. The summed E-state index contributed by atoms with van der Waals surface area (Å²) in [5, 5.41) is 13.4. The van der Waals surface area contributed by atoms with E-state index in [4.69, 9.17) is 0 Å². The summed E-state index contributed by atoms with van der Waals surface area (Å²) in [5.41, 5.74) is 0.456. The number of likely N-dealkylation sites (N-methyl/N-ethyl adjacent to an activating group) is 1. The molecule has 0 fully saturated rings. The van der Waals surface area contributed by atoms with Gasteiger partial charge >= 0.3 is 0 Å². The van der Waals surface area contributed by atoms with Crippen molar-refractivity contribution in [2.45, 2.75) is 45.6 Å². The van der Waals surface area contributed by atoms with Crippen LogP contribution in [0, 0.1) is 11.3 Å². The van der Waals surface area contributed by atoms with Crippen molar-refractivity contribution in [3.63, 3.8) is 0 Å². The van der Waals surface area contributed by atoms with Gasteiger partial charge in [0, 0.05) is 6.54 Å². The molecule has 116 valence electrons. The van der Waals surface area contributed by atoms with Gasteiger partial charge in [-0.3, -0.25) is 5.32 Å². The van der Waals surface area contributed by atoms with Crippen LogP contribution in [-0.2, 0) is 5.54 Å². The summed E-state index contributed by atoms with van der Waals surface area (Å²) in [7, 11) is 0. The summed E-state index contributed by atoms with van der Waals surface area (Å²) in [6.07, 6.45) is 3.39. The van der Waals surface area contributed by atoms with Crippen molar-refractivity contribution in [1.29, 1.82) is 5.26 Å². The fourth-order valence-electron chi connectivity index (χ4n) is 2.52. The third-order valence-electron chi connectivity index (χ3n) is 3.87. The molecule has 1 atom stereocenters. The van der Waals surface area contributed by atoms with Crippen molar-refractivity contribution < 1.29 is 0 Å². The standard InChI is InChI=1S/C18H29N3/c1-4-7-14-21(6-3)16-18(15-19,20-13-5-2)17-11-9-8-10-12-17/h8-12,20H,4-7,13-14,16H2,1-3H3. The molecule has 0 aliphatic carbocycles. The second-order valence-electron chi connectivity index (χ2n) is 5.53. The molecule has 0 bridgehead atoms. The number of rotatable bonds is 10. The molecule has 1 aromatic carbocycles. The third kappa shape index (κ3) is 5.15. The Labute approximate surface area is 130 Å². The molecule has 0 spiro atoms. The number of nitriles is 1. The lowest BCUT2D eigenvalue weighted by atomic mass is 9.90. The number of nitrogens with zero attached hydrogens (tertiary/aromatic N) is 2. The van der Waals surface area contributed by atoms with Gasteiger partial charge in [-0.25, -0.2) is 0 Å². The molecule has 1 N–H and O–H groups in total. The van der Waals surface area contributed by atoms with Crippen LogP contribution in [0.1, 0.15) is 45.6 Å². The Bertz CT molecular complexity index is 424. The number of benzene rings is 1. The molecule has 0 saturated carbocycles. The maximum absolute atomic E-state index is 9.89. The number of hydrogen-bond donors (Lipinski definition) is 1. The SMILES string of the molecule is CCCCN(CC)CC(C#N)(NCCC)c1ccccc1. The molecule has 3 nitrogen and oxygen atoms in total. The van der Waals surface area contributed by atoms with Crippen LogP contribution in [0.5, 0.6) is 0 Å². The minimum Gasteiger partial charge on any atom is -0.300 e. The first-order valence-electron chi connectivity index (χ1n) is 8.16. The van der Waals surface area contributed by atoms with Crippen LogP contribution in [0.4, 0.5) is 0 Å². The van der Waals surface area contributed by atoms with Crippen molar-refractivity contribution in [3.05, 3.63) is 35.9 Å². The van der Waals surface area contributed by atoms with Gasteiger partial charge in [0.25, 0.3) is 0 Å². The molecular formula is C18H29N3. The Hall–Kier alpha value is -1.37. The zero-order valence-corrected chi connectivity index (χ0v) is 13.7. The Morgan fingerprint density at radius 3 is 2.38 bits per heavy atom. The summed E-state index contributed by atoms with van der Waals surface area (Å²) in [5.74, 6) is 0. The topological polar surface area (TPSA) is 39.1 Å². The van der Waals surface area contributed by atoms with Crippen LogP contribution in [0.2, 0.25) is 0 Å². The third-order valence-corrected chi connectivity index (χ3v) is 3.87. The molecule has 0 amide bonds. The molecule has 21 heavy (non-hydrogen) atoms. The zero-order valence-electron chi connectivity index (χ0n) is 13.7. The largest absolute Gasteiger partial charge is 0.300 e. The predicted octanol–water partition coefficient (Wildman–Crippen LogP) is 3.53. The minimum absolute atomic E-state index is 0.610. The molecule has 1 rings (SSSR count). The Balaban J connectivity index is 2.98. The van der Waals surface area contributed by atoms with Gasteiger partial charge < -0.3 is 4.90 Å². The fourth-order valence-corrected chi connectivity index (χ4v) is 2.52. The van der Waals surface area contributed by atoms with E-state index in [9.17, 15) is 5.26 Å². The second-order valence-corrected chi connectivity index (χ2v) is 5.53. The van der Waals surface area contributed by atoms with Crippen LogP contribution in [-0.4, -0.2) is 31.1 Å². The van der Waals surface area contributed by atoms with Gasteiger partial charge in [-0.15, -0.1) is 0 Å². The summed E-state index contributed by atoms with van der Waals surface area (Å²) >= 11 is 0. The summed E-state index contributed by atoms with van der Waals surface area (Å²) in [6.45, 7) is 10.1. The lowest BCUT2D eigenvalue weighted by Crippen LogP contribution is -2.50. The molecule has 0 heterocycles. The van der Waals surface area contributed by atoms with E-state index in [1.807, 2.05) is 18.2 Å². The maximum Gasteiger partial charge on any atom is 0.145 e. The number of nitrogens with one attached hydrogen (secondary N) is 1. The van der Waals surface area contributed by atoms with Gasteiger partial charge in [-0.1, -0.05) is 57.5 Å². The van der Waals surface area contributed by atoms with E-state index < -0.39 is 5.54 Å². The molecule has 0 aliphatic rings. The molecule has 0 radical (unpaired) electrons. The Morgan fingerprint density at radius 2 is 1.86 bits per heavy atom. The number of unbranched alkanes of at least 4 members (excludes halogenated alkanes) is 1. The van der Waals surface area contributed by atoms with Gasteiger partial charge in [0.1, 0.15) is 5.54 Å². The van der Waals surface area contributed by atoms with Crippen molar-refractivity contribution in [2.24, 2.45) is 0 Å². The van der Waals surface area contributed by atoms with E-state index in [0.717, 1.165) is 38.2 Å². The molecule has 1 aromatic rings. The Kier molecular flexibility index (Phi) is 8.04. The van der Waals surface area contributed by atoms with E-state index in [1.165, 1.54) is 12.8 Å². The highest BCUT2D eigenvalue weighted by atomic mass is 15.2. The average molecular weight is 287 g/mol. The van der Waals surface area contributed by atoms with Crippen molar-refractivity contribution in [1.82, 2.24) is 10.2 Å². The van der Waals surface area contributed by atoms with Gasteiger partial charge in [0.05, 0.1) is 6.07 Å². The molecule has 3 heteroatoms. The second kappa shape index (κ2) is 9.55. The van der Waals surface area contributed by atoms with Crippen LogP contribution < -0.4 is 5.32 Å². The maximum atomic E-state index is 9.89. The first-order valence-corrected chi connectivity index (χ1v) is 8.16. The van der Waals surface area contributed by atoms with Crippen molar-refractivity contribution >= 4 is 0 Å². The lowest BCUT2D eigenvalue weighted by Gasteiger charge is -2.34. The quantitative estimate of drug-likeness (QED) is 0.715. The molecule has 0 aromatic heterocycles. The average Bonchev–Trinajstić information content (AvgIpc) is 2.55. The van der Waals surface area contributed by atoms with Crippen molar-refractivity contribution in [2.75, 3.05) is 26.2 Å². The smallest absolute Gasteiger partial charge is 0.145 e. The van der Waals surface area contributed by atoms with Gasteiger partial charge in [-0.05, 0) is 38.0 Å². The molecule has 0 aliphatic heterocycles. The Morgan fingerprint density at radius 1 is 1.14 bits per heavy atom. The zero-order chi connectivity index (χ0) is 15.6. The van der Waals surface area contributed by atoms with E-state index in [1.54, 1.807) is 0 Å². The van der Waals surface area contributed by atoms with Crippen molar-refractivity contribution in [3.8, 4) is 6.07 Å². The summed E-state index contributed by atoms with van der Waals surface area (Å²) in [4.78, 5) is 2.38. The number of hydrogen-bond acceptors (Lipinski definition) is 3. The molecular weight excluding hydrogens is 258 g/mol. The minimum atomic E-state index is -0.610. The van der Waals surface area contributed by atoms with E-state index in [-0.39, 0.29) is 0 Å². The van der Waals surface area contributed by atoms with E-state index in [2.05, 4.69) is 49.2 Å². The lowest BCUT2D eigenvalue weighted by molar-refractivity contribution is 0.217. The van der Waals surface area contributed by atoms with E-state index >= 15 is 0 Å². The molecule has 0 saturated heterocycles. The van der Waals surface area contributed by atoms with Crippen LogP contribution in [0.25, 0.3) is 0 Å². The highest BCUT2D eigenvalue weighted by Gasteiger charge is 2.33. The fraction of sp³-hybridized carbons (Fsp3) is 0.611. The van der Waals surface area contributed by atoms with Crippen LogP contribution >= 0.6 is 0 Å². The monoisotopic (exact) mass is 287 g/mol. The predicted molar refractivity (Wildman–Crippen MR) is 89.0 cm³/mol. The molecule has 1 unspecified atom stereocenters. The summed E-state index contributed by atoms with van der Waals surface area (Å²) in [6, 6.07) is 12.7. The van der Waals surface area contributed by atoms with E-state index in [0.29, 0.717) is 0 Å². The first kappa shape index (κ1) is 17.7. The van der Waals surface area contributed by atoms with Crippen LogP contribution in [0.3, 0.4) is 0 Å². The van der Waals surface area contributed by atoms with Crippen LogP contribution in [0.15, 0.2) is 30.3 Å². The van der Waals surface area contributed by atoms with Gasteiger partial charge in [0.15, 0.2) is 0 Å². The van der Waals surface area contributed by atoms with Gasteiger partial charge in [-0.2, -0.15) is 5.26 Å². The highest BCUT2D eigenvalue weighted by molar-refractivity contribution is 5.32. The highest BCUT2D eigenvalue weighted by Crippen LogP contribution is 2.22. The normalized spacial score (nSPS) is 13.9. The summed E-state index contributed by atoms with van der Waals surface area (Å²) < 4.78 is 0. The van der Waals surface area contributed by atoms with Gasteiger partial charge in [0.2, 0.25) is 0 Å².